The maximum atomic E-state index is 13.4. The first-order valence-electron chi connectivity index (χ1n) is 6.22. The minimum absolute atomic E-state index is 0.253. The van der Waals surface area contributed by atoms with Crippen LogP contribution in [0.1, 0.15) is 35.7 Å². The minimum Gasteiger partial charge on any atom is -0.457 e. The van der Waals surface area contributed by atoms with E-state index in [-0.39, 0.29) is 11.5 Å². The van der Waals surface area contributed by atoms with Gasteiger partial charge in [-0.25, -0.2) is 4.39 Å². The number of benzene rings is 2. The summed E-state index contributed by atoms with van der Waals surface area (Å²) >= 11 is 3.42. The van der Waals surface area contributed by atoms with Crippen molar-refractivity contribution in [3.05, 3.63) is 57.8 Å². The maximum absolute atomic E-state index is 13.4. The average molecular weight is 337 g/mol. The Morgan fingerprint density at radius 2 is 1.95 bits per heavy atom. The van der Waals surface area contributed by atoms with Crippen LogP contribution in [0.5, 0.6) is 11.5 Å². The third-order valence-electron chi connectivity index (χ3n) is 2.85. The summed E-state index contributed by atoms with van der Waals surface area (Å²) in [5, 5.41) is 0. The average Bonchev–Trinajstić information content (AvgIpc) is 2.40. The predicted octanol–water partition coefficient (Wildman–Crippen LogP) is 5.32. The van der Waals surface area contributed by atoms with E-state index in [1.54, 1.807) is 0 Å². The number of ether oxygens (including phenoxy) is 1. The molecule has 0 bridgehead atoms. The van der Waals surface area contributed by atoms with Gasteiger partial charge in [0.25, 0.3) is 0 Å². The Hall–Kier alpha value is -1.68. The van der Waals surface area contributed by atoms with Crippen molar-refractivity contribution in [3.8, 4) is 11.5 Å². The predicted molar refractivity (Wildman–Crippen MR) is 80.1 cm³/mol. The summed E-state index contributed by atoms with van der Waals surface area (Å²) < 4.78 is 20.1. The highest BCUT2D eigenvalue weighted by Gasteiger charge is 2.10. The molecule has 104 valence electrons. The lowest BCUT2D eigenvalue weighted by Gasteiger charge is -2.14. The quantitative estimate of drug-likeness (QED) is 0.706. The van der Waals surface area contributed by atoms with E-state index in [9.17, 15) is 9.18 Å². The molecule has 0 aliphatic carbocycles. The second-order valence-corrected chi connectivity index (χ2v) is 5.69. The van der Waals surface area contributed by atoms with Crippen molar-refractivity contribution in [2.24, 2.45) is 0 Å². The molecule has 20 heavy (non-hydrogen) atoms. The van der Waals surface area contributed by atoms with Crippen molar-refractivity contribution in [2.45, 2.75) is 19.8 Å². The summed E-state index contributed by atoms with van der Waals surface area (Å²) in [6, 6.07) is 9.61. The van der Waals surface area contributed by atoms with E-state index in [0.29, 0.717) is 17.8 Å². The van der Waals surface area contributed by atoms with Gasteiger partial charge in [0.1, 0.15) is 23.6 Å². The summed E-state index contributed by atoms with van der Waals surface area (Å²) in [7, 11) is 0. The Balaban J connectivity index is 2.39. The molecule has 2 nitrogen and oxygen atoms in total. The van der Waals surface area contributed by atoms with E-state index in [1.165, 1.54) is 18.2 Å². The molecule has 0 heterocycles. The van der Waals surface area contributed by atoms with Crippen molar-refractivity contribution >= 4 is 22.2 Å². The molecule has 2 rings (SSSR count). The van der Waals surface area contributed by atoms with Crippen LogP contribution in [-0.2, 0) is 0 Å². The molecule has 0 radical (unpaired) electrons. The monoisotopic (exact) mass is 336 g/mol. The van der Waals surface area contributed by atoms with Gasteiger partial charge in [-0.15, -0.1) is 0 Å². The zero-order chi connectivity index (χ0) is 14.7. The standard InChI is InChI=1S/C16H14BrFO2/c1-10(2)15-7-12(17)3-4-16(15)20-14-6-11(9-19)5-13(18)8-14/h3-10H,1-2H3. The highest BCUT2D eigenvalue weighted by molar-refractivity contribution is 9.10. The molecular weight excluding hydrogens is 323 g/mol. The van der Waals surface area contributed by atoms with Gasteiger partial charge in [0.2, 0.25) is 0 Å². The number of carbonyl (C=O) groups excluding carboxylic acids is 1. The topological polar surface area (TPSA) is 26.3 Å². The zero-order valence-corrected chi connectivity index (χ0v) is 12.8. The van der Waals surface area contributed by atoms with E-state index < -0.39 is 5.82 Å². The summed E-state index contributed by atoms with van der Waals surface area (Å²) in [4.78, 5) is 10.8. The summed E-state index contributed by atoms with van der Waals surface area (Å²) in [6.07, 6.45) is 0.598. The minimum atomic E-state index is -0.493. The number of halogens is 2. The number of aldehydes is 1. The van der Waals surface area contributed by atoms with Gasteiger partial charge in [-0.1, -0.05) is 29.8 Å². The summed E-state index contributed by atoms with van der Waals surface area (Å²) in [5.41, 5.74) is 1.26. The Kier molecular flexibility index (Phi) is 4.55. The normalized spacial score (nSPS) is 10.7. The molecule has 0 atom stereocenters. The van der Waals surface area contributed by atoms with Crippen molar-refractivity contribution in [2.75, 3.05) is 0 Å². The van der Waals surface area contributed by atoms with Gasteiger partial charge in [-0.05, 0) is 41.8 Å². The second kappa shape index (κ2) is 6.18. The third-order valence-corrected chi connectivity index (χ3v) is 3.34. The van der Waals surface area contributed by atoms with Crippen LogP contribution < -0.4 is 4.74 Å². The fourth-order valence-corrected chi connectivity index (χ4v) is 2.28. The SMILES string of the molecule is CC(C)c1cc(Br)ccc1Oc1cc(F)cc(C=O)c1. The maximum Gasteiger partial charge on any atom is 0.150 e. The molecule has 0 fully saturated rings. The molecule has 0 spiro atoms. The number of hydrogen-bond donors (Lipinski definition) is 0. The Morgan fingerprint density at radius 1 is 1.20 bits per heavy atom. The highest BCUT2D eigenvalue weighted by Crippen LogP contribution is 2.33. The molecule has 2 aromatic carbocycles. The summed E-state index contributed by atoms with van der Waals surface area (Å²) in [6.45, 7) is 4.11. The lowest BCUT2D eigenvalue weighted by molar-refractivity contribution is 0.112. The van der Waals surface area contributed by atoms with Crippen molar-refractivity contribution in [1.29, 1.82) is 0 Å². The number of hydrogen-bond acceptors (Lipinski definition) is 2. The fourth-order valence-electron chi connectivity index (χ4n) is 1.90. The molecule has 0 aliphatic heterocycles. The molecule has 0 saturated carbocycles. The third kappa shape index (κ3) is 3.45. The van der Waals surface area contributed by atoms with Gasteiger partial charge in [0.05, 0.1) is 0 Å². The molecule has 0 saturated heterocycles. The Labute approximate surface area is 125 Å². The molecular formula is C16H14BrFO2. The molecule has 0 N–H and O–H groups in total. The van der Waals surface area contributed by atoms with Crippen LogP contribution in [0.4, 0.5) is 4.39 Å². The van der Waals surface area contributed by atoms with Crippen molar-refractivity contribution in [1.82, 2.24) is 0 Å². The van der Waals surface area contributed by atoms with Gasteiger partial charge < -0.3 is 4.74 Å². The lowest BCUT2D eigenvalue weighted by Crippen LogP contribution is -1.95. The van der Waals surface area contributed by atoms with Crippen LogP contribution in [0.25, 0.3) is 0 Å². The molecule has 0 unspecified atom stereocenters. The van der Waals surface area contributed by atoms with E-state index in [0.717, 1.165) is 10.0 Å². The van der Waals surface area contributed by atoms with Crippen LogP contribution in [0.3, 0.4) is 0 Å². The smallest absolute Gasteiger partial charge is 0.150 e. The molecule has 0 amide bonds. The Bertz CT molecular complexity index is 638. The van der Waals surface area contributed by atoms with Gasteiger partial charge in [-0.2, -0.15) is 0 Å². The summed E-state index contributed by atoms with van der Waals surface area (Å²) in [5.74, 6) is 0.747. The van der Waals surface area contributed by atoms with Crippen LogP contribution >= 0.6 is 15.9 Å². The van der Waals surface area contributed by atoms with Crippen LogP contribution in [-0.4, -0.2) is 6.29 Å². The Morgan fingerprint density at radius 3 is 2.60 bits per heavy atom. The van der Waals surface area contributed by atoms with Gasteiger partial charge >= 0.3 is 0 Å². The number of rotatable bonds is 4. The van der Waals surface area contributed by atoms with Crippen LogP contribution in [0, 0.1) is 5.82 Å². The fraction of sp³-hybridized carbons (Fsp3) is 0.188. The van der Waals surface area contributed by atoms with Crippen molar-refractivity contribution < 1.29 is 13.9 Å². The van der Waals surface area contributed by atoms with E-state index in [1.807, 2.05) is 18.2 Å². The van der Waals surface area contributed by atoms with Gasteiger partial charge in [-0.3, -0.25) is 4.79 Å². The number of carbonyl (C=O) groups is 1. The van der Waals surface area contributed by atoms with E-state index in [2.05, 4.69) is 29.8 Å². The first-order chi connectivity index (χ1) is 9.49. The van der Waals surface area contributed by atoms with E-state index in [4.69, 9.17) is 4.74 Å². The van der Waals surface area contributed by atoms with Gasteiger partial charge in [0, 0.05) is 16.1 Å². The highest BCUT2D eigenvalue weighted by atomic mass is 79.9. The second-order valence-electron chi connectivity index (χ2n) is 4.78. The largest absolute Gasteiger partial charge is 0.457 e. The van der Waals surface area contributed by atoms with Crippen LogP contribution in [0.2, 0.25) is 0 Å². The zero-order valence-electron chi connectivity index (χ0n) is 11.2. The molecule has 0 aromatic heterocycles. The first-order valence-corrected chi connectivity index (χ1v) is 7.02. The molecule has 4 heteroatoms. The van der Waals surface area contributed by atoms with Gasteiger partial charge in [0.15, 0.2) is 0 Å². The first kappa shape index (κ1) is 14.7. The molecule has 2 aromatic rings. The lowest BCUT2D eigenvalue weighted by atomic mass is 10.0. The van der Waals surface area contributed by atoms with Crippen molar-refractivity contribution in [3.63, 3.8) is 0 Å². The van der Waals surface area contributed by atoms with E-state index >= 15 is 0 Å². The molecule has 0 aliphatic rings. The van der Waals surface area contributed by atoms with Crippen LogP contribution in [0.15, 0.2) is 40.9 Å².